The van der Waals surface area contributed by atoms with Gasteiger partial charge in [0.15, 0.2) is 0 Å². The maximum absolute atomic E-state index is 12.8. The molecule has 3 rings (SSSR count). The highest BCUT2D eigenvalue weighted by atomic mass is 35.5. The topological polar surface area (TPSA) is 84.9 Å². The Labute approximate surface area is 171 Å². The normalized spacial score (nSPS) is 15.3. The molecule has 0 atom stereocenters. The second-order valence-electron chi connectivity index (χ2n) is 6.02. The minimum atomic E-state index is -3.87. The van der Waals surface area contributed by atoms with Crippen LogP contribution in [0.3, 0.4) is 0 Å². The number of carbonyl (C=O) groups is 1. The molecule has 0 radical (unpaired) electrons. The summed E-state index contributed by atoms with van der Waals surface area (Å²) in [7, 11) is -3.87. The lowest BCUT2D eigenvalue weighted by Gasteiger charge is -2.26. The summed E-state index contributed by atoms with van der Waals surface area (Å²) in [5, 5.41) is 2.55. The first-order valence-electron chi connectivity index (χ1n) is 8.51. The first kappa shape index (κ1) is 21.4. The molecule has 1 heterocycles. The van der Waals surface area contributed by atoms with Crippen molar-refractivity contribution in [1.82, 2.24) is 4.31 Å². The van der Waals surface area contributed by atoms with Gasteiger partial charge in [0.05, 0.1) is 18.2 Å². The highest BCUT2D eigenvalue weighted by Gasteiger charge is 2.28. The first-order valence-corrected chi connectivity index (χ1v) is 10.3. The first-order chi connectivity index (χ1) is 13.8. The Morgan fingerprint density at radius 1 is 1.17 bits per heavy atom. The van der Waals surface area contributed by atoms with Crippen LogP contribution in [0.2, 0.25) is 5.02 Å². The van der Waals surface area contributed by atoms with Crippen LogP contribution in [0.1, 0.15) is 10.4 Å². The minimum Gasteiger partial charge on any atom is -0.435 e. The van der Waals surface area contributed by atoms with Crippen molar-refractivity contribution in [2.75, 3.05) is 31.6 Å². The Morgan fingerprint density at radius 3 is 2.59 bits per heavy atom. The summed E-state index contributed by atoms with van der Waals surface area (Å²) >= 11 is 6.09. The Balaban J connectivity index is 1.82. The van der Waals surface area contributed by atoms with Crippen LogP contribution in [0, 0.1) is 0 Å². The van der Waals surface area contributed by atoms with Crippen LogP contribution in [-0.2, 0) is 14.8 Å². The third-order valence-corrected chi connectivity index (χ3v) is 6.48. The average molecular weight is 447 g/mol. The molecular formula is C18H17ClF2N2O5S. The smallest absolute Gasteiger partial charge is 0.387 e. The van der Waals surface area contributed by atoms with E-state index in [2.05, 4.69) is 10.1 Å². The van der Waals surface area contributed by atoms with Crippen LogP contribution >= 0.6 is 11.6 Å². The zero-order valence-electron chi connectivity index (χ0n) is 15.0. The van der Waals surface area contributed by atoms with Crippen molar-refractivity contribution in [3.05, 3.63) is 53.1 Å². The molecule has 1 aliphatic heterocycles. The van der Waals surface area contributed by atoms with E-state index in [0.717, 1.165) is 6.07 Å². The van der Waals surface area contributed by atoms with Crippen LogP contribution in [0.5, 0.6) is 5.75 Å². The number of halogens is 3. The second kappa shape index (κ2) is 9.04. The molecule has 7 nitrogen and oxygen atoms in total. The Hall–Kier alpha value is -2.27. The number of benzene rings is 2. The number of rotatable bonds is 6. The van der Waals surface area contributed by atoms with E-state index in [9.17, 15) is 22.0 Å². The largest absolute Gasteiger partial charge is 0.435 e. The summed E-state index contributed by atoms with van der Waals surface area (Å²) in [6.07, 6.45) is 0. The zero-order chi connectivity index (χ0) is 21.0. The quantitative estimate of drug-likeness (QED) is 0.736. The van der Waals surface area contributed by atoms with Crippen molar-refractivity contribution < 1.29 is 31.5 Å². The fraction of sp³-hybridized carbons (Fsp3) is 0.278. The molecule has 2 aromatic carbocycles. The molecule has 1 amide bonds. The fourth-order valence-electron chi connectivity index (χ4n) is 2.72. The number of amides is 1. The van der Waals surface area contributed by atoms with Gasteiger partial charge in [0, 0.05) is 24.3 Å². The van der Waals surface area contributed by atoms with E-state index in [1.54, 1.807) is 0 Å². The van der Waals surface area contributed by atoms with Gasteiger partial charge >= 0.3 is 6.61 Å². The maximum atomic E-state index is 12.8. The number of morpholine rings is 1. The molecule has 0 aromatic heterocycles. The monoisotopic (exact) mass is 446 g/mol. The highest BCUT2D eigenvalue weighted by Crippen LogP contribution is 2.28. The molecule has 1 saturated heterocycles. The predicted octanol–water partition coefficient (Wildman–Crippen LogP) is 3.21. The van der Waals surface area contributed by atoms with E-state index in [1.807, 2.05) is 0 Å². The molecule has 0 saturated carbocycles. The van der Waals surface area contributed by atoms with Crippen molar-refractivity contribution in [2.24, 2.45) is 0 Å². The van der Waals surface area contributed by atoms with Gasteiger partial charge in [-0.05, 0) is 36.4 Å². The number of nitrogens with zero attached hydrogens (tertiary/aromatic N) is 1. The molecule has 156 valence electrons. The third-order valence-electron chi connectivity index (χ3n) is 4.10. The molecule has 1 N–H and O–H groups in total. The summed E-state index contributed by atoms with van der Waals surface area (Å²) in [6.45, 7) is -2.05. The van der Waals surface area contributed by atoms with E-state index in [1.165, 1.54) is 40.7 Å². The van der Waals surface area contributed by atoms with E-state index >= 15 is 0 Å². The van der Waals surface area contributed by atoms with Gasteiger partial charge in [-0.15, -0.1) is 0 Å². The maximum Gasteiger partial charge on any atom is 0.387 e. The predicted molar refractivity (Wildman–Crippen MR) is 102 cm³/mol. The summed E-state index contributed by atoms with van der Waals surface area (Å²) in [5.41, 5.74) is 0.252. The summed E-state index contributed by atoms with van der Waals surface area (Å²) in [5.74, 6) is -0.791. The molecule has 11 heteroatoms. The Morgan fingerprint density at radius 2 is 1.90 bits per heavy atom. The van der Waals surface area contributed by atoms with E-state index in [4.69, 9.17) is 16.3 Å². The lowest BCUT2D eigenvalue weighted by Crippen LogP contribution is -2.40. The summed E-state index contributed by atoms with van der Waals surface area (Å²) < 4.78 is 61.1. The van der Waals surface area contributed by atoms with Gasteiger partial charge in [-0.3, -0.25) is 4.79 Å². The van der Waals surface area contributed by atoms with Gasteiger partial charge in [0.2, 0.25) is 10.0 Å². The van der Waals surface area contributed by atoms with Crippen LogP contribution in [0.25, 0.3) is 0 Å². The van der Waals surface area contributed by atoms with Gasteiger partial charge in [-0.25, -0.2) is 8.42 Å². The SMILES string of the molecule is O=C(Nc1ccc(Cl)c(S(=O)(=O)N2CCOCC2)c1)c1cccc(OC(F)F)c1. The highest BCUT2D eigenvalue weighted by molar-refractivity contribution is 7.89. The number of nitrogens with one attached hydrogen (secondary N) is 1. The zero-order valence-corrected chi connectivity index (χ0v) is 16.6. The van der Waals surface area contributed by atoms with Gasteiger partial charge in [0.1, 0.15) is 10.6 Å². The molecule has 29 heavy (non-hydrogen) atoms. The van der Waals surface area contributed by atoms with Gasteiger partial charge in [0.25, 0.3) is 5.91 Å². The summed E-state index contributed by atoms with van der Waals surface area (Å²) in [6, 6.07) is 9.31. The molecule has 1 aliphatic rings. The van der Waals surface area contributed by atoms with Crippen molar-refractivity contribution in [2.45, 2.75) is 11.5 Å². The molecule has 0 aliphatic carbocycles. The molecule has 1 fully saturated rings. The van der Waals surface area contributed by atoms with E-state index in [-0.39, 0.29) is 53.2 Å². The number of ether oxygens (including phenoxy) is 2. The fourth-order valence-corrected chi connectivity index (χ4v) is 4.63. The van der Waals surface area contributed by atoms with Crippen LogP contribution in [0.4, 0.5) is 14.5 Å². The van der Waals surface area contributed by atoms with Gasteiger partial charge < -0.3 is 14.8 Å². The molecule has 0 spiro atoms. The van der Waals surface area contributed by atoms with E-state index < -0.39 is 22.5 Å². The number of hydrogen-bond donors (Lipinski definition) is 1. The van der Waals surface area contributed by atoms with Gasteiger partial charge in [-0.1, -0.05) is 17.7 Å². The Bertz CT molecular complexity index is 997. The number of alkyl halides is 2. The van der Waals surface area contributed by atoms with Crippen molar-refractivity contribution in [3.63, 3.8) is 0 Å². The molecule has 0 bridgehead atoms. The summed E-state index contributed by atoms with van der Waals surface area (Å²) in [4.78, 5) is 12.3. The molecule has 2 aromatic rings. The lowest BCUT2D eigenvalue weighted by atomic mass is 10.2. The number of anilines is 1. The number of hydrogen-bond acceptors (Lipinski definition) is 5. The van der Waals surface area contributed by atoms with Gasteiger partial charge in [-0.2, -0.15) is 13.1 Å². The standard InChI is InChI=1S/C18H17ClF2N2O5S/c19-15-5-4-13(11-16(15)29(25,26)23-6-8-27-9-7-23)22-17(24)12-2-1-3-14(10-12)28-18(20)21/h1-5,10-11,18H,6-9H2,(H,22,24). The number of carbonyl (C=O) groups excluding carboxylic acids is 1. The third kappa shape index (κ3) is 5.21. The average Bonchev–Trinajstić information content (AvgIpc) is 2.69. The Kier molecular flexibility index (Phi) is 6.68. The number of sulfonamides is 1. The van der Waals surface area contributed by atoms with Crippen LogP contribution < -0.4 is 10.1 Å². The van der Waals surface area contributed by atoms with Crippen molar-refractivity contribution in [3.8, 4) is 5.75 Å². The molecular weight excluding hydrogens is 430 g/mol. The van der Waals surface area contributed by atoms with E-state index in [0.29, 0.717) is 0 Å². The minimum absolute atomic E-state index is 0.0156. The van der Waals surface area contributed by atoms with Crippen LogP contribution in [0.15, 0.2) is 47.4 Å². The van der Waals surface area contributed by atoms with Crippen molar-refractivity contribution >= 4 is 33.2 Å². The van der Waals surface area contributed by atoms with Crippen LogP contribution in [-0.4, -0.2) is 51.5 Å². The molecule has 0 unspecified atom stereocenters. The second-order valence-corrected chi connectivity index (χ2v) is 8.34. The lowest BCUT2D eigenvalue weighted by molar-refractivity contribution is -0.0498. The van der Waals surface area contributed by atoms with Crippen molar-refractivity contribution in [1.29, 1.82) is 0 Å².